The largest absolute Gasteiger partial charge is 0.299 e. The Morgan fingerprint density at radius 2 is 1.50 bits per heavy atom. The Bertz CT molecular complexity index is 958. The highest BCUT2D eigenvalue weighted by molar-refractivity contribution is 6.08. The van der Waals surface area contributed by atoms with E-state index < -0.39 is 5.91 Å². The number of carbonyl (C=O) groups is 2. The van der Waals surface area contributed by atoms with Crippen LogP contribution in [-0.2, 0) is 4.79 Å². The van der Waals surface area contributed by atoms with E-state index >= 15 is 0 Å². The van der Waals surface area contributed by atoms with Crippen molar-refractivity contribution in [1.82, 2.24) is 5.43 Å². The fourth-order valence-corrected chi connectivity index (χ4v) is 2.53. The lowest BCUT2D eigenvalue weighted by Crippen LogP contribution is -2.39. The zero-order valence-electron chi connectivity index (χ0n) is 15.0. The third-order valence-electron chi connectivity index (χ3n) is 3.91. The molecule has 0 aliphatic rings. The number of rotatable bonds is 6. The number of hydrogen-bond donors (Lipinski definition) is 1. The predicted molar refractivity (Wildman–Crippen MR) is 107 cm³/mol. The Labute approximate surface area is 162 Å². The van der Waals surface area contributed by atoms with E-state index in [0.29, 0.717) is 16.8 Å². The maximum atomic E-state index is 12.9. The van der Waals surface area contributed by atoms with Crippen LogP contribution in [0, 0.1) is 5.82 Å². The van der Waals surface area contributed by atoms with Crippen LogP contribution in [0.5, 0.6) is 0 Å². The topological polar surface area (TPSA) is 61.8 Å². The van der Waals surface area contributed by atoms with Gasteiger partial charge in [0.2, 0.25) is 0 Å². The molecule has 2 amide bonds. The highest BCUT2D eigenvalue weighted by Crippen LogP contribution is 2.16. The summed E-state index contributed by atoms with van der Waals surface area (Å²) in [5.41, 5.74) is 4.12. The molecule has 0 saturated carbocycles. The molecule has 6 heteroatoms. The molecule has 5 nitrogen and oxygen atoms in total. The van der Waals surface area contributed by atoms with Crippen molar-refractivity contribution in [3.8, 4) is 0 Å². The predicted octanol–water partition coefficient (Wildman–Crippen LogP) is 3.62. The molecule has 3 rings (SSSR count). The molecule has 0 fully saturated rings. The molecule has 3 aromatic carbocycles. The number of nitrogens with one attached hydrogen (secondary N) is 1. The van der Waals surface area contributed by atoms with Gasteiger partial charge in [-0.25, -0.2) is 9.82 Å². The second-order valence-corrected chi connectivity index (χ2v) is 5.94. The number of amides is 2. The molecule has 0 radical (unpaired) electrons. The molecule has 0 saturated heterocycles. The highest BCUT2D eigenvalue weighted by atomic mass is 19.1. The smallest absolute Gasteiger partial charge is 0.260 e. The van der Waals surface area contributed by atoms with Crippen LogP contribution in [0.4, 0.5) is 10.1 Å². The second-order valence-electron chi connectivity index (χ2n) is 5.94. The van der Waals surface area contributed by atoms with Crippen molar-refractivity contribution < 1.29 is 14.0 Å². The summed E-state index contributed by atoms with van der Waals surface area (Å²) in [5.74, 6) is -1.09. The SMILES string of the molecule is O=C(CN(C(=O)c1ccccc1)c1ccccc1)N/N=C\c1ccc(F)cc1. The van der Waals surface area contributed by atoms with Crippen molar-refractivity contribution in [2.75, 3.05) is 11.4 Å². The van der Waals surface area contributed by atoms with Gasteiger partial charge in [0.15, 0.2) is 0 Å². The number of hydrogen-bond acceptors (Lipinski definition) is 3. The Morgan fingerprint density at radius 3 is 2.14 bits per heavy atom. The zero-order valence-corrected chi connectivity index (χ0v) is 15.0. The lowest BCUT2D eigenvalue weighted by atomic mass is 10.2. The molecular weight excluding hydrogens is 357 g/mol. The van der Waals surface area contributed by atoms with Crippen LogP contribution < -0.4 is 10.3 Å². The van der Waals surface area contributed by atoms with Gasteiger partial charge in [-0.05, 0) is 42.0 Å². The van der Waals surface area contributed by atoms with Crippen LogP contribution in [0.15, 0.2) is 90.0 Å². The molecule has 3 aromatic rings. The molecule has 0 heterocycles. The summed E-state index contributed by atoms with van der Waals surface area (Å²) in [6.07, 6.45) is 1.41. The van der Waals surface area contributed by atoms with Crippen molar-refractivity contribution >= 4 is 23.7 Å². The van der Waals surface area contributed by atoms with Gasteiger partial charge in [-0.2, -0.15) is 5.10 Å². The lowest BCUT2D eigenvalue weighted by Gasteiger charge is -2.22. The van der Waals surface area contributed by atoms with E-state index in [-0.39, 0.29) is 18.3 Å². The minimum atomic E-state index is -0.452. The summed E-state index contributed by atoms with van der Waals surface area (Å²) in [6.45, 7) is -0.196. The van der Waals surface area contributed by atoms with Crippen LogP contribution in [0.3, 0.4) is 0 Å². The van der Waals surface area contributed by atoms with E-state index in [9.17, 15) is 14.0 Å². The first-order valence-electron chi connectivity index (χ1n) is 8.63. The maximum absolute atomic E-state index is 12.9. The zero-order chi connectivity index (χ0) is 19.8. The van der Waals surface area contributed by atoms with Crippen LogP contribution in [0.1, 0.15) is 15.9 Å². The molecule has 0 aromatic heterocycles. The third kappa shape index (κ3) is 5.11. The van der Waals surface area contributed by atoms with Gasteiger partial charge in [-0.1, -0.05) is 48.5 Å². The van der Waals surface area contributed by atoms with Crippen LogP contribution in [-0.4, -0.2) is 24.6 Å². The minimum absolute atomic E-state index is 0.196. The summed E-state index contributed by atoms with van der Waals surface area (Å²) in [7, 11) is 0. The molecule has 0 bridgehead atoms. The molecule has 0 aliphatic heterocycles. The van der Waals surface area contributed by atoms with Gasteiger partial charge in [0.1, 0.15) is 12.4 Å². The molecule has 1 N–H and O–H groups in total. The monoisotopic (exact) mass is 375 g/mol. The summed E-state index contributed by atoms with van der Waals surface area (Å²) < 4.78 is 12.9. The van der Waals surface area contributed by atoms with Gasteiger partial charge in [-0.3, -0.25) is 14.5 Å². The van der Waals surface area contributed by atoms with E-state index in [0.717, 1.165) is 0 Å². The number of anilines is 1. The van der Waals surface area contributed by atoms with Gasteiger partial charge < -0.3 is 0 Å². The number of hydrazone groups is 1. The van der Waals surface area contributed by atoms with Gasteiger partial charge in [-0.15, -0.1) is 0 Å². The number of benzene rings is 3. The van der Waals surface area contributed by atoms with Crippen molar-refractivity contribution in [2.24, 2.45) is 5.10 Å². The summed E-state index contributed by atoms with van der Waals surface area (Å²) in [4.78, 5) is 26.6. The Morgan fingerprint density at radius 1 is 0.893 bits per heavy atom. The van der Waals surface area contributed by atoms with Crippen molar-refractivity contribution in [3.63, 3.8) is 0 Å². The van der Waals surface area contributed by atoms with Gasteiger partial charge >= 0.3 is 0 Å². The van der Waals surface area contributed by atoms with E-state index in [2.05, 4.69) is 10.5 Å². The molecular formula is C22H18FN3O2. The van der Waals surface area contributed by atoms with Crippen LogP contribution in [0.25, 0.3) is 0 Å². The Hall–Kier alpha value is -3.80. The number of carbonyl (C=O) groups excluding carboxylic acids is 2. The number of para-hydroxylation sites is 1. The third-order valence-corrected chi connectivity index (χ3v) is 3.91. The molecule has 0 aliphatic carbocycles. The van der Waals surface area contributed by atoms with Crippen molar-refractivity contribution in [2.45, 2.75) is 0 Å². The number of halogens is 1. The van der Waals surface area contributed by atoms with Crippen LogP contribution >= 0.6 is 0 Å². The van der Waals surface area contributed by atoms with Gasteiger partial charge in [0.25, 0.3) is 11.8 Å². The summed E-state index contributed by atoms with van der Waals surface area (Å²) in [5, 5.41) is 3.87. The molecule has 0 unspecified atom stereocenters. The second kappa shape index (κ2) is 9.23. The lowest BCUT2D eigenvalue weighted by molar-refractivity contribution is -0.119. The number of nitrogens with zero attached hydrogens (tertiary/aromatic N) is 2. The Balaban J connectivity index is 1.71. The highest BCUT2D eigenvalue weighted by Gasteiger charge is 2.20. The van der Waals surface area contributed by atoms with Crippen molar-refractivity contribution in [3.05, 3.63) is 102 Å². The molecule has 0 atom stereocenters. The summed E-state index contributed by atoms with van der Waals surface area (Å²) in [6, 6.07) is 23.4. The standard InChI is InChI=1S/C22H18FN3O2/c23-19-13-11-17(12-14-19)15-24-25-21(27)16-26(20-9-5-2-6-10-20)22(28)18-7-3-1-4-8-18/h1-15H,16H2,(H,25,27)/b24-15-. The fourth-order valence-electron chi connectivity index (χ4n) is 2.53. The Kier molecular flexibility index (Phi) is 6.25. The first-order chi connectivity index (χ1) is 13.6. The fraction of sp³-hybridized carbons (Fsp3) is 0.0455. The van der Waals surface area contributed by atoms with Crippen molar-refractivity contribution in [1.29, 1.82) is 0 Å². The maximum Gasteiger partial charge on any atom is 0.260 e. The van der Waals surface area contributed by atoms with E-state index in [1.54, 1.807) is 60.7 Å². The normalized spacial score (nSPS) is 10.6. The average molecular weight is 375 g/mol. The average Bonchev–Trinajstić information content (AvgIpc) is 2.74. The van der Waals surface area contributed by atoms with Gasteiger partial charge in [0, 0.05) is 11.3 Å². The first kappa shape index (κ1) is 19.0. The minimum Gasteiger partial charge on any atom is -0.299 e. The molecule has 28 heavy (non-hydrogen) atoms. The van der Waals surface area contributed by atoms with Gasteiger partial charge in [0.05, 0.1) is 6.21 Å². The van der Waals surface area contributed by atoms with Crippen LogP contribution in [0.2, 0.25) is 0 Å². The summed E-state index contributed by atoms with van der Waals surface area (Å²) >= 11 is 0. The molecule has 140 valence electrons. The van der Waals surface area contributed by atoms with E-state index in [1.165, 1.54) is 23.2 Å². The quantitative estimate of drug-likeness (QED) is 0.528. The van der Waals surface area contributed by atoms with E-state index in [4.69, 9.17) is 0 Å². The first-order valence-corrected chi connectivity index (χ1v) is 8.63. The van der Waals surface area contributed by atoms with E-state index in [1.807, 2.05) is 12.1 Å². The molecule has 0 spiro atoms.